The maximum atomic E-state index is 5.47. The van der Waals surface area contributed by atoms with Crippen LogP contribution in [0.25, 0.3) is 92.1 Å². The molecule has 0 aliphatic carbocycles. The molecular weight excluding hydrogens is 605 g/mol. The second kappa shape index (κ2) is 9.67. The molecule has 0 aliphatic rings. The van der Waals surface area contributed by atoms with Gasteiger partial charge in [-0.1, -0.05) is 91.0 Å². The van der Waals surface area contributed by atoms with Crippen LogP contribution >= 0.6 is 11.3 Å². The Kier molecular flexibility index (Phi) is 5.23. The van der Waals surface area contributed by atoms with Crippen LogP contribution in [0.5, 0.6) is 0 Å². The van der Waals surface area contributed by atoms with Gasteiger partial charge in [0.25, 0.3) is 0 Å². The molecular formula is C43H26N4S. The number of thiophene rings is 1. The molecule has 0 saturated carbocycles. The van der Waals surface area contributed by atoms with Crippen molar-refractivity contribution in [2.24, 2.45) is 0 Å². The highest BCUT2D eigenvalue weighted by Gasteiger charge is 2.22. The van der Waals surface area contributed by atoms with Crippen LogP contribution < -0.4 is 0 Å². The van der Waals surface area contributed by atoms with Gasteiger partial charge in [0.05, 0.1) is 33.1 Å². The zero-order chi connectivity index (χ0) is 31.3. The number of nitrogens with zero attached hydrogens (tertiary/aromatic N) is 4. The van der Waals surface area contributed by atoms with Gasteiger partial charge >= 0.3 is 0 Å². The van der Waals surface area contributed by atoms with Crippen molar-refractivity contribution in [3.63, 3.8) is 0 Å². The van der Waals surface area contributed by atoms with Gasteiger partial charge in [0.1, 0.15) is 0 Å². The summed E-state index contributed by atoms with van der Waals surface area (Å²) in [5.41, 5.74) is 8.97. The zero-order valence-electron chi connectivity index (χ0n) is 25.7. The topological polar surface area (TPSA) is 27.7 Å². The van der Waals surface area contributed by atoms with Gasteiger partial charge in [-0.25, -0.2) is 4.98 Å². The molecule has 0 amide bonds. The average Bonchev–Trinajstić information content (AvgIpc) is 3.88. The molecule has 0 N–H and O–H groups in total. The van der Waals surface area contributed by atoms with Gasteiger partial charge < -0.3 is 4.57 Å². The average molecular weight is 631 g/mol. The lowest BCUT2D eigenvalue weighted by Gasteiger charge is -2.13. The summed E-state index contributed by atoms with van der Waals surface area (Å²) < 4.78 is 9.63. The van der Waals surface area contributed by atoms with Crippen LogP contribution in [-0.4, -0.2) is 18.7 Å². The molecule has 11 rings (SSSR count). The molecule has 0 atom stereocenters. The first-order valence-electron chi connectivity index (χ1n) is 16.2. The molecule has 0 aliphatic heterocycles. The van der Waals surface area contributed by atoms with E-state index in [1.807, 2.05) is 11.3 Å². The molecule has 7 aromatic carbocycles. The summed E-state index contributed by atoms with van der Waals surface area (Å²) >= 11 is 1.84. The van der Waals surface area contributed by atoms with E-state index in [0.717, 1.165) is 39.4 Å². The van der Waals surface area contributed by atoms with E-state index in [9.17, 15) is 0 Å². The Morgan fingerprint density at radius 3 is 1.67 bits per heavy atom. The Morgan fingerprint density at radius 1 is 0.354 bits per heavy atom. The van der Waals surface area contributed by atoms with Crippen LogP contribution in [0.3, 0.4) is 0 Å². The molecule has 0 radical (unpaired) electrons. The Labute approximate surface area is 278 Å². The van der Waals surface area contributed by atoms with Gasteiger partial charge in [-0.15, -0.1) is 11.3 Å². The third-order valence-electron chi connectivity index (χ3n) is 9.84. The third-order valence-corrected chi connectivity index (χ3v) is 11.0. The summed E-state index contributed by atoms with van der Waals surface area (Å²) in [4.78, 5) is 5.47. The van der Waals surface area contributed by atoms with Crippen molar-refractivity contribution in [1.29, 1.82) is 0 Å². The molecule has 48 heavy (non-hydrogen) atoms. The lowest BCUT2D eigenvalue weighted by molar-refractivity contribution is 0.957. The molecule has 0 bridgehead atoms. The van der Waals surface area contributed by atoms with Crippen LogP contribution in [0.1, 0.15) is 0 Å². The standard InChI is InChI=1S/C43H26N4S/c1-2-12-27(13-3-1)45-36-18-8-6-16-31(36)33-24-28(22-23-39(33)45)46-40-25-34-32-17-7-11-21-41(32)48-42(34)26-35(40)44-43(46)47-37-19-9-4-14-29(37)30-15-5-10-20-38(30)47/h1-26H. The Balaban J connectivity index is 1.28. The lowest BCUT2D eigenvalue weighted by Crippen LogP contribution is -2.05. The number of imidazole rings is 1. The van der Waals surface area contributed by atoms with Crippen molar-refractivity contribution >= 4 is 86.2 Å². The smallest absolute Gasteiger partial charge is 0.220 e. The molecule has 11 aromatic rings. The normalized spacial score (nSPS) is 12.2. The summed E-state index contributed by atoms with van der Waals surface area (Å²) in [7, 11) is 0. The van der Waals surface area contributed by atoms with Crippen molar-refractivity contribution < 1.29 is 0 Å². The summed E-state index contributed by atoms with van der Waals surface area (Å²) in [6.45, 7) is 0. The SMILES string of the molecule is c1ccc(-n2c3ccccc3c3cc(-n4c(-n5c6ccccc6c6ccccc65)nc5cc6sc7ccccc7c6cc54)ccc32)cc1. The summed E-state index contributed by atoms with van der Waals surface area (Å²) in [5.74, 6) is 0.885. The number of rotatable bonds is 3. The minimum Gasteiger partial charge on any atom is -0.309 e. The van der Waals surface area contributed by atoms with Crippen molar-refractivity contribution in [1.82, 2.24) is 18.7 Å². The fourth-order valence-corrected chi connectivity index (χ4v) is 8.90. The molecule has 0 saturated heterocycles. The van der Waals surface area contributed by atoms with Crippen molar-refractivity contribution in [2.45, 2.75) is 0 Å². The van der Waals surface area contributed by atoms with E-state index in [-0.39, 0.29) is 0 Å². The van der Waals surface area contributed by atoms with E-state index in [0.29, 0.717) is 0 Å². The van der Waals surface area contributed by atoms with Crippen molar-refractivity contribution in [2.75, 3.05) is 0 Å². The quantitative estimate of drug-likeness (QED) is 0.191. The van der Waals surface area contributed by atoms with Gasteiger partial charge in [0.15, 0.2) is 0 Å². The first-order chi connectivity index (χ1) is 23.8. The predicted molar refractivity (Wildman–Crippen MR) is 203 cm³/mol. The molecule has 0 spiro atoms. The van der Waals surface area contributed by atoms with E-state index >= 15 is 0 Å². The molecule has 5 heteroatoms. The zero-order valence-corrected chi connectivity index (χ0v) is 26.5. The molecule has 224 valence electrons. The van der Waals surface area contributed by atoms with Crippen molar-refractivity contribution in [3.05, 3.63) is 158 Å². The van der Waals surface area contributed by atoms with Gasteiger partial charge in [-0.05, 0) is 66.7 Å². The van der Waals surface area contributed by atoms with Gasteiger partial charge in [-0.3, -0.25) is 9.13 Å². The van der Waals surface area contributed by atoms with E-state index in [2.05, 4.69) is 171 Å². The highest BCUT2D eigenvalue weighted by Crippen LogP contribution is 2.40. The number of aromatic nitrogens is 4. The highest BCUT2D eigenvalue weighted by molar-refractivity contribution is 7.25. The van der Waals surface area contributed by atoms with E-state index in [1.165, 1.54) is 52.8 Å². The van der Waals surface area contributed by atoms with Crippen LogP contribution in [-0.2, 0) is 0 Å². The van der Waals surface area contributed by atoms with Crippen molar-refractivity contribution in [3.8, 4) is 17.3 Å². The molecule has 4 aromatic heterocycles. The maximum absolute atomic E-state index is 5.47. The second-order valence-corrected chi connectivity index (χ2v) is 13.5. The third kappa shape index (κ3) is 3.51. The maximum Gasteiger partial charge on any atom is 0.220 e. The Hall–Kier alpha value is -6.17. The minimum absolute atomic E-state index is 0.885. The second-order valence-electron chi connectivity index (χ2n) is 12.4. The van der Waals surface area contributed by atoms with Gasteiger partial charge in [0.2, 0.25) is 5.95 Å². The van der Waals surface area contributed by atoms with E-state index in [4.69, 9.17) is 4.98 Å². The number of para-hydroxylation sites is 4. The molecule has 0 fully saturated rings. The summed E-state index contributed by atoms with van der Waals surface area (Å²) in [5, 5.41) is 7.43. The Morgan fingerprint density at radius 2 is 0.938 bits per heavy atom. The summed E-state index contributed by atoms with van der Waals surface area (Å²) in [6.07, 6.45) is 0. The summed E-state index contributed by atoms with van der Waals surface area (Å²) in [6, 6.07) is 56.9. The number of benzene rings is 7. The fraction of sp³-hybridized carbons (Fsp3) is 0. The predicted octanol–water partition coefficient (Wildman–Crippen LogP) is 11.6. The largest absolute Gasteiger partial charge is 0.309 e. The molecule has 4 heterocycles. The number of fused-ring (bicyclic) bond motifs is 10. The fourth-order valence-electron chi connectivity index (χ4n) is 7.78. The van der Waals surface area contributed by atoms with Crippen LogP contribution in [0.15, 0.2) is 158 Å². The van der Waals surface area contributed by atoms with Crippen LogP contribution in [0, 0.1) is 0 Å². The Bertz CT molecular complexity index is 3010. The monoisotopic (exact) mass is 630 g/mol. The van der Waals surface area contributed by atoms with Crippen LogP contribution in [0.2, 0.25) is 0 Å². The highest BCUT2D eigenvalue weighted by atomic mass is 32.1. The van der Waals surface area contributed by atoms with E-state index < -0.39 is 0 Å². The molecule has 4 nitrogen and oxygen atoms in total. The first-order valence-corrected chi connectivity index (χ1v) is 17.0. The molecule has 0 unspecified atom stereocenters. The number of hydrogen-bond donors (Lipinski definition) is 0. The minimum atomic E-state index is 0.885. The van der Waals surface area contributed by atoms with Gasteiger partial charge in [-0.2, -0.15) is 0 Å². The van der Waals surface area contributed by atoms with Gasteiger partial charge in [0, 0.05) is 53.1 Å². The lowest BCUT2D eigenvalue weighted by atomic mass is 10.1. The first kappa shape index (κ1) is 26.0. The van der Waals surface area contributed by atoms with Crippen LogP contribution in [0.4, 0.5) is 0 Å². The number of hydrogen-bond acceptors (Lipinski definition) is 2. The van der Waals surface area contributed by atoms with E-state index in [1.54, 1.807) is 0 Å².